The van der Waals surface area contributed by atoms with Gasteiger partial charge in [-0.15, -0.1) is 0 Å². The van der Waals surface area contributed by atoms with Crippen molar-refractivity contribution in [2.75, 3.05) is 13.7 Å². The topological polar surface area (TPSA) is 64.3 Å². The first-order chi connectivity index (χ1) is 7.77. The summed E-state index contributed by atoms with van der Waals surface area (Å²) >= 11 is 0. The lowest BCUT2D eigenvalue weighted by Crippen LogP contribution is -2.23. The van der Waals surface area contributed by atoms with Crippen LogP contribution in [0.3, 0.4) is 0 Å². The molecule has 1 rings (SSSR count). The fourth-order valence-electron chi connectivity index (χ4n) is 1.39. The van der Waals surface area contributed by atoms with Gasteiger partial charge in [-0.25, -0.2) is 0 Å². The third-order valence-corrected chi connectivity index (χ3v) is 2.28. The number of amides is 1. The van der Waals surface area contributed by atoms with Gasteiger partial charge in [-0.1, -0.05) is 18.2 Å². The summed E-state index contributed by atoms with van der Waals surface area (Å²) in [4.78, 5) is 11.4. The Balaban J connectivity index is 2.44. The highest BCUT2D eigenvalue weighted by Gasteiger charge is 2.04. The maximum Gasteiger partial charge on any atom is 0.220 e. The molecule has 0 saturated heterocycles. The van der Waals surface area contributed by atoms with Gasteiger partial charge in [-0.2, -0.15) is 0 Å². The van der Waals surface area contributed by atoms with Gasteiger partial charge in [0.2, 0.25) is 5.91 Å². The van der Waals surface area contributed by atoms with Crippen LogP contribution in [0.1, 0.15) is 18.4 Å². The minimum atomic E-state index is 0.0244. The van der Waals surface area contributed by atoms with Crippen LogP contribution in [0, 0.1) is 0 Å². The van der Waals surface area contributed by atoms with Gasteiger partial charge < -0.3 is 15.8 Å². The van der Waals surface area contributed by atoms with Gasteiger partial charge in [0.25, 0.3) is 0 Å². The number of rotatable bonds is 6. The first kappa shape index (κ1) is 12.5. The first-order valence-corrected chi connectivity index (χ1v) is 5.36. The van der Waals surface area contributed by atoms with E-state index in [1.165, 1.54) is 0 Å². The summed E-state index contributed by atoms with van der Waals surface area (Å²) in [6.07, 6.45) is 1.20. The molecule has 0 heterocycles. The molecule has 0 aliphatic rings. The minimum Gasteiger partial charge on any atom is -0.496 e. The molecule has 0 aromatic heterocycles. The number of benzene rings is 1. The molecular formula is C12H18N2O2. The summed E-state index contributed by atoms with van der Waals surface area (Å²) in [5.41, 5.74) is 6.31. The van der Waals surface area contributed by atoms with Crippen molar-refractivity contribution in [1.82, 2.24) is 5.32 Å². The molecule has 0 aliphatic carbocycles. The number of carbonyl (C=O) groups excluding carboxylic acids is 1. The number of nitrogens with one attached hydrogen (secondary N) is 1. The Kier molecular flexibility index (Phi) is 5.36. The molecule has 0 fully saturated rings. The molecule has 0 aliphatic heterocycles. The van der Waals surface area contributed by atoms with E-state index in [2.05, 4.69) is 5.32 Å². The standard InChI is InChI=1S/C12H18N2O2/c1-16-11-6-3-2-5-10(11)9-14-12(15)7-4-8-13/h2-3,5-6H,4,7-9,13H2,1H3,(H,14,15). The highest BCUT2D eigenvalue weighted by atomic mass is 16.5. The number of nitrogens with two attached hydrogens (primary N) is 1. The molecule has 16 heavy (non-hydrogen) atoms. The van der Waals surface area contributed by atoms with Crippen LogP contribution in [-0.2, 0) is 11.3 Å². The maximum absolute atomic E-state index is 11.4. The summed E-state index contributed by atoms with van der Waals surface area (Å²) in [6, 6.07) is 7.63. The summed E-state index contributed by atoms with van der Waals surface area (Å²) in [7, 11) is 1.62. The summed E-state index contributed by atoms with van der Waals surface area (Å²) in [5.74, 6) is 0.818. The zero-order valence-electron chi connectivity index (χ0n) is 9.53. The van der Waals surface area contributed by atoms with Crippen LogP contribution >= 0.6 is 0 Å². The van der Waals surface area contributed by atoms with Crippen molar-refractivity contribution in [3.05, 3.63) is 29.8 Å². The molecule has 1 aromatic carbocycles. The summed E-state index contributed by atoms with van der Waals surface area (Å²) in [6.45, 7) is 1.04. The molecule has 1 aromatic rings. The molecule has 0 spiro atoms. The van der Waals surface area contributed by atoms with E-state index in [1.54, 1.807) is 7.11 Å². The van der Waals surface area contributed by atoms with Crippen LogP contribution in [0.25, 0.3) is 0 Å². The van der Waals surface area contributed by atoms with E-state index in [-0.39, 0.29) is 5.91 Å². The van der Waals surface area contributed by atoms with Crippen molar-refractivity contribution in [1.29, 1.82) is 0 Å². The van der Waals surface area contributed by atoms with Crippen LogP contribution in [0.4, 0.5) is 0 Å². The Morgan fingerprint density at radius 2 is 2.19 bits per heavy atom. The van der Waals surface area contributed by atoms with Crippen molar-refractivity contribution in [2.24, 2.45) is 5.73 Å². The van der Waals surface area contributed by atoms with E-state index in [1.807, 2.05) is 24.3 Å². The Morgan fingerprint density at radius 3 is 2.88 bits per heavy atom. The van der Waals surface area contributed by atoms with Gasteiger partial charge >= 0.3 is 0 Å². The van der Waals surface area contributed by atoms with Crippen LogP contribution < -0.4 is 15.8 Å². The number of methoxy groups -OCH3 is 1. The van der Waals surface area contributed by atoms with Gasteiger partial charge in [0, 0.05) is 18.5 Å². The van der Waals surface area contributed by atoms with E-state index >= 15 is 0 Å². The molecule has 4 nitrogen and oxygen atoms in total. The number of para-hydroxylation sites is 1. The van der Waals surface area contributed by atoms with E-state index in [0.29, 0.717) is 19.5 Å². The molecule has 0 saturated carbocycles. The van der Waals surface area contributed by atoms with Crippen molar-refractivity contribution in [2.45, 2.75) is 19.4 Å². The van der Waals surface area contributed by atoms with Crippen LogP contribution in [0.2, 0.25) is 0 Å². The molecule has 88 valence electrons. The van der Waals surface area contributed by atoms with Crippen LogP contribution in [0.15, 0.2) is 24.3 Å². The summed E-state index contributed by atoms with van der Waals surface area (Å²) in [5, 5.41) is 2.83. The fraction of sp³-hybridized carbons (Fsp3) is 0.417. The van der Waals surface area contributed by atoms with Crippen LogP contribution in [-0.4, -0.2) is 19.6 Å². The van der Waals surface area contributed by atoms with E-state index in [4.69, 9.17) is 10.5 Å². The predicted molar refractivity (Wildman–Crippen MR) is 63.1 cm³/mol. The highest BCUT2D eigenvalue weighted by Crippen LogP contribution is 2.16. The van der Waals surface area contributed by atoms with Crippen molar-refractivity contribution >= 4 is 5.91 Å². The molecule has 0 radical (unpaired) electrons. The normalized spacial score (nSPS) is 9.88. The second kappa shape index (κ2) is 6.85. The number of carbonyl (C=O) groups is 1. The number of hydrogen-bond acceptors (Lipinski definition) is 3. The van der Waals surface area contributed by atoms with Crippen molar-refractivity contribution < 1.29 is 9.53 Å². The van der Waals surface area contributed by atoms with Gasteiger partial charge in [0.05, 0.1) is 7.11 Å². The van der Waals surface area contributed by atoms with E-state index < -0.39 is 0 Å². The highest BCUT2D eigenvalue weighted by molar-refractivity contribution is 5.75. The van der Waals surface area contributed by atoms with Gasteiger partial charge in [-0.05, 0) is 19.0 Å². The number of ether oxygens (including phenoxy) is 1. The molecule has 1 amide bonds. The van der Waals surface area contributed by atoms with Gasteiger partial charge in [0.15, 0.2) is 0 Å². The maximum atomic E-state index is 11.4. The van der Waals surface area contributed by atoms with Crippen molar-refractivity contribution in [3.8, 4) is 5.75 Å². The van der Waals surface area contributed by atoms with Crippen molar-refractivity contribution in [3.63, 3.8) is 0 Å². The Bertz CT molecular complexity index is 340. The SMILES string of the molecule is COc1ccccc1CNC(=O)CCCN. The quantitative estimate of drug-likeness (QED) is 0.756. The Hall–Kier alpha value is -1.55. The lowest BCUT2D eigenvalue weighted by Gasteiger charge is -2.09. The average Bonchev–Trinajstić information content (AvgIpc) is 2.34. The Labute approximate surface area is 95.8 Å². The molecule has 3 N–H and O–H groups in total. The molecule has 0 unspecified atom stereocenters. The first-order valence-electron chi connectivity index (χ1n) is 5.36. The van der Waals surface area contributed by atoms with E-state index in [0.717, 1.165) is 17.7 Å². The third-order valence-electron chi connectivity index (χ3n) is 2.28. The fourth-order valence-corrected chi connectivity index (χ4v) is 1.39. The molecule has 0 atom stereocenters. The average molecular weight is 222 g/mol. The minimum absolute atomic E-state index is 0.0244. The lowest BCUT2D eigenvalue weighted by atomic mass is 10.2. The Morgan fingerprint density at radius 1 is 1.44 bits per heavy atom. The lowest BCUT2D eigenvalue weighted by molar-refractivity contribution is -0.121. The summed E-state index contributed by atoms with van der Waals surface area (Å²) < 4.78 is 5.19. The third kappa shape index (κ3) is 3.90. The zero-order chi connectivity index (χ0) is 11.8. The number of hydrogen-bond donors (Lipinski definition) is 2. The second-order valence-corrected chi connectivity index (χ2v) is 3.48. The smallest absolute Gasteiger partial charge is 0.220 e. The van der Waals surface area contributed by atoms with Gasteiger partial charge in [-0.3, -0.25) is 4.79 Å². The molecule has 4 heteroatoms. The monoisotopic (exact) mass is 222 g/mol. The van der Waals surface area contributed by atoms with Gasteiger partial charge in [0.1, 0.15) is 5.75 Å². The predicted octanol–water partition coefficient (Wildman–Crippen LogP) is 1.05. The second-order valence-electron chi connectivity index (χ2n) is 3.48. The zero-order valence-corrected chi connectivity index (χ0v) is 9.53. The van der Waals surface area contributed by atoms with Crippen LogP contribution in [0.5, 0.6) is 5.75 Å². The van der Waals surface area contributed by atoms with E-state index in [9.17, 15) is 4.79 Å². The molecular weight excluding hydrogens is 204 g/mol. The molecule has 0 bridgehead atoms. The largest absolute Gasteiger partial charge is 0.496 e.